The molecular weight excluding hydrogens is 314 g/mol. The van der Waals surface area contributed by atoms with Gasteiger partial charge in [-0.25, -0.2) is 0 Å². The van der Waals surface area contributed by atoms with E-state index in [2.05, 4.69) is 21.1 Å². The highest BCUT2D eigenvalue weighted by Crippen LogP contribution is 2.36. The van der Waals surface area contributed by atoms with Crippen LogP contribution in [0.1, 0.15) is 38.0 Å². The molecule has 0 fully saturated rings. The summed E-state index contributed by atoms with van der Waals surface area (Å²) in [6.07, 6.45) is -1.14. The maximum atomic E-state index is 12.0. The zero-order valence-electron chi connectivity index (χ0n) is 10.6. The van der Waals surface area contributed by atoms with Gasteiger partial charge in [-0.3, -0.25) is 9.69 Å². The van der Waals surface area contributed by atoms with Crippen LogP contribution < -0.4 is 4.90 Å². The molecule has 0 radical (unpaired) electrons. The number of carbonyl (C=O) groups excluding carboxylic acids is 1. The highest BCUT2D eigenvalue weighted by atomic mass is 79.9. The number of rotatable bonds is 2. The van der Waals surface area contributed by atoms with Gasteiger partial charge in [0.05, 0.1) is 4.48 Å². The standard InChI is InChI=1S/C12H12BrN3O3/c1-5(2)9-7(4-14)10(15-19-9)16-11(17)6(3)8(13)12(16)18/h5,11,17H,1-3H3. The number of nitriles is 1. The SMILES string of the molecule is CC1=C(Br)C(=O)N(c2noc(C(C)C)c2C#N)C1O. The minimum Gasteiger partial charge on any atom is -0.369 e. The summed E-state index contributed by atoms with van der Waals surface area (Å²) in [5, 5.41) is 23.0. The van der Waals surface area contributed by atoms with Gasteiger partial charge in [-0.15, -0.1) is 0 Å². The van der Waals surface area contributed by atoms with Crippen LogP contribution in [0.2, 0.25) is 0 Å². The lowest BCUT2D eigenvalue weighted by Crippen LogP contribution is -2.35. The van der Waals surface area contributed by atoms with E-state index < -0.39 is 12.1 Å². The Kier molecular flexibility index (Phi) is 3.47. The fraction of sp³-hybridized carbons (Fsp3) is 0.417. The molecule has 1 aromatic rings. The predicted octanol–water partition coefficient (Wildman–Crippen LogP) is 2.00. The van der Waals surface area contributed by atoms with Crippen LogP contribution in [0, 0.1) is 11.3 Å². The van der Waals surface area contributed by atoms with Gasteiger partial charge in [-0.1, -0.05) is 19.0 Å². The summed E-state index contributed by atoms with van der Waals surface area (Å²) in [4.78, 5) is 13.1. The molecule has 0 spiro atoms. The van der Waals surface area contributed by atoms with Crippen molar-refractivity contribution in [2.24, 2.45) is 0 Å². The van der Waals surface area contributed by atoms with Gasteiger partial charge in [0.1, 0.15) is 11.6 Å². The number of hydrogen-bond donors (Lipinski definition) is 1. The molecule has 0 aliphatic carbocycles. The molecule has 0 bridgehead atoms. The van der Waals surface area contributed by atoms with Crippen molar-refractivity contribution < 1.29 is 14.4 Å². The molecule has 1 aliphatic rings. The van der Waals surface area contributed by atoms with Crippen molar-refractivity contribution in [3.63, 3.8) is 0 Å². The summed E-state index contributed by atoms with van der Waals surface area (Å²) in [6.45, 7) is 5.34. The quantitative estimate of drug-likeness (QED) is 0.898. The number of hydrogen-bond acceptors (Lipinski definition) is 5. The summed E-state index contributed by atoms with van der Waals surface area (Å²) in [7, 11) is 0. The molecule has 7 heteroatoms. The Balaban J connectivity index is 2.51. The van der Waals surface area contributed by atoms with Crippen LogP contribution in [0.4, 0.5) is 5.82 Å². The van der Waals surface area contributed by atoms with Crippen LogP contribution >= 0.6 is 15.9 Å². The number of halogens is 1. The molecule has 1 aliphatic heterocycles. The number of aromatic nitrogens is 1. The lowest BCUT2D eigenvalue weighted by molar-refractivity contribution is -0.115. The van der Waals surface area contributed by atoms with E-state index >= 15 is 0 Å². The Morgan fingerprint density at radius 2 is 2.21 bits per heavy atom. The molecule has 100 valence electrons. The van der Waals surface area contributed by atoms with E-state index in [1.807, 2.05) is 19.9 Å². The van der Waals surface area contributed by atoms with E-state index in [0.29, 0.717) is 11.3 Å². The molecule has 6 nitrogen and oxygen atoms in total. The second kappa shape index (κ2) is 4.79. The van der Waals surface area contributed by atoms with Crippen molar-refractivity contribution >= 4 is 27.7 Å². The first-order valence-corrected chi connectivity index (χ1v) is 6.47. The lowest BCUT2D eigenvalue weighted by Gasteiger charge is -2.18. The predicted molar refractivity (Wildman–Crippen MR) is 70.4 cm³/mol. The summed E-state index contributed by atoms with van der Waals surface area (Å²) < 4.78 is 5.39. The van der Waals surface area contributed by atoms with Gasteiger partial charge in [0.2, 0.25) is 0 Å². The smallest absolute Gasteiger partial charge is 0.269 e. The van der Waals surface area contributed by atoms with Crippen molar-refractivity contribution in [1.29, 1.82) is 5.26 Å². The normalized spacial score (nSPS) is 19.5. The van der Waals surface area contributed by atoms with Gasteiger partial charge in [-0.05, 0) is 28.4 Å². The number of anilines is 1. The Hall–Kier alpha value is -1.65. The number of aliphatic hydroxyl groups excluding tert-OH is 1. The fourth-order valence-corrected chi connectivity index (χ4v) is 2.26. The Labute approximate surface area is 118 Å². The molecular formula is C12H12BrN3O3. The molecule has 19 heavy (non-hydrogen) atoms. The second-order valence-corrected chi connectivity index (χ2v) is 5.35. The van der Waals surface area contributed by atoms with E-state index in [4.69, 9.17) is 4.52 Å². The summed E-state index contributed by atoms with van der Waals surface area (Å²) in [5.74, 6) is -0.0240. The zero-order chi connectivity index (χ0) is 14.3. The monoisotopic (exact) mass is 325 g/mol. The second-order valence-electron chi connectivity index (χ2n) is 4.56. The van der Waals surface area contributed by atoms with Crippen molar-refractivity contribution in [2.45, 2.75) is 32.9 Å². The molecule has 1 amide bonds. The van der Waals surface area contributed by atoms with Crippen molar-refractivity contribution in [2.75, 3.05) is 4.90 Å². The topological polar surface area (TPSA) is 90.4 Å². The van der Waals surface area contributed by atoms with Crippen LogP contribution in [0.15, 0.2) is 14.6 Å². The van der Waals surface area contributed by atoms with Gasteiger partial charge >= 0.3 is 0 Å². The zero-order valence-corrected chi connectivity index (χ0v) is 12.2. The maximum Gasteiger partial charge on any atom is 0.269 e. The highest BCUT2D eigenvalue weighted by molar-refractivity contribution is 9.12. The molecule has 2 heterocycles. The molecule has 0 saturated carbocycles. The average Bonchev–Trinajstić information content (AvgIpc) is 2.86. The van der Waals surface area contributed by atoms with Crippen molar-refractivity contribution in [3.05, 3.63) is 21.4 Å². The Morgan fingerprint density at radius 3 is 2.63 bits per heavy atom. The molecule has 1 atom stereocenters. The van der Waals surface area contributed by atoms with Crippen molar-refractivity contribution in [1.82, 2.24) is 5.16 Å². The van der Waals surface area contributed by atoms with Crippen LogP contribution in [0.3, 0.4) is 0 Å². The average molecular weight is 326 g/mol. The minimum absolute atomic E-state index is 0.0387. The third-order valence-corrected chi connectivity index (χ3v) is 3.91. The molecule has 1 N–H and O–H groups in total. The molecule has 1 unspecified atom stereocenters. The highest BCUT2D eigenvalue weighted by Gasteiger charge is 2.39. The summed E-state index contributed by atoms with van der Waals surface area (Å²) in [5.41, 5.74) is 0.653. The number of aliphatic hydroxyl groups is 1. The summed E-state index contributed by atoms with van der Waals surface area (Å²) >= 11 is 3.12. The molecule has 1 aromatic heterocycles. The van der Waals surface area contributed by atoms with Gasteiger partial charge in [-0.2, -0.15) is 5.26 Å². The first kappa shape index (κ1) is 13.8. The summed E-state index contributed by atoms with van der Waals surface area (Å²) in [6, 6.07) is 1.98. The van der Waals surface area contributed by atoms with E-state index in [9.17, 15) is 15.2 Å². The molecule has 2 rings (SSSR count). The maximum absolute atomic E-state index is 12.0. The fourth-order valence-electron chi connectivity index (χ4n) is 1.86. The van der Waals surface area contributed by atoms with E-state index in [0.717, 1.165) is 4.90 Å². The molecule has 0 aromatic carbocycles. The van der Waals surface area contributed by atoms with Gasteiger partial charge in [0.25, 0.3) is 5.91 Å². The molecule has 0 saturated heterocycles. The van der Waals surface area contributed by atoms with Crippen LogP contribution in [-0.4, -0.2) is 22.4 Å². The van der Waals surface area contributed by atoms with Gasteiger partial charge in [0, 0.05) is 5.92 Å². The first-order chi connectivity index (χ1) is 8.90. The van der Waals surface area contributed by atoms with E-state index in [1.54, 1.807) is 6.92 Å². The Morgan fingerprint density at radius 1 is 1.58 bits per heavy atom. The third-order valence-electron chi connectivity index (χ3n) is 2.95. The first-order valence-electron chi connectivity index (χ1n) is 5.67. The van der Waals surface area contributed by atoms with Crippen LogP contribution in [0.25, 0.3) is 0 Å². The number of carbonyl (C=O) groups is 1. The number of amides is 1. The minimum atomic E-state index is -1.14. The van der Waals surface area contributed by atoms with Crippen LogP contribution in [-0.2, 0) is 4.79 Å². The van der Waals surface area contributed by atoms with Gasteiger partial charge < -0.3 is 9.63 Å². The van der Waals surface area contributed by atoms with Crippen molar-refractivity contribution in [3.8, 4) is 6.07 Å². The largest absolute Gasteiger partial charge is 0.369 e. The van der Waals surface area contributed by atoms with E-state index in [1.165, 1.54) is 0 Å². The van der Waals surface area contributed by atoms with Gasteiger partial charge in [0.15, 0.2) is 17.8 Å². The van der Waals surface area contributed by atoms with E-state index in [-0.39, 0.29) is 21.8 Å². The third kappa shape index (κ3) is 1.97. The van der Waals surface area contributed by atoms with Crippen LogP contribution in [0.5, 0.6) is 0 Å². The number of nitrogens with zero attached hydrogens (tertiary/aromatic N) is 3. The Bertz CT molecular complexity index is 612. The lowest BCUT2D eigenvalue weighted by atomic mass is 10.1.